The van der Waals surface area contributed by atoms with E-state index < -0.39 is 0 Å². The molecule has 0 saturated heterocycles. The summed E-state index contributed by atoms with van der Waals surface area (Å²) >= 11 is 3.69. The SMILES string of the molecule is Brc1ccccc1-n1nc(-c2ccc3ccccc3c2)c2c1NCCCC2. The molecular formula is C23H20BrN3. The first-order valence-corrected chi connectivity index (χ1v) is 10.2. The summed E-state index contributed by atoms with van der Waals surface area (Å²) in [6, 6.07) is 23.4. The largest absolute Gasteiger partial charge is 0.370 e. The highest BCUT2D eigenvalue weighted by Gasteiger charge is 2.22. The van der Waals surface area contributed by atoms with Crippen molar-refractivity contribution in [2.75, 3.05) is 11.9 Å². The van der Waals surface area contributed by atoms with Crippen LogP contribution in [0.3, 0.4) is 0 Å². The molecule has 0 unspecified atom stereocenters. The molecule has 2 heterocycles. The van der Waals surface area contributed by atoms with Crippen LogP contribution in [0.25, 0.3) is 27.7 Å². The summed E-state index contributed by atoms with van der Waals surface area (Å²) in [5.74, 6) is 1.13. The molecule has 0 atom stereocenters. The Bertz CT molecular complexity index is 1130. The Balaban J connectivity index is 1.73. The Morgan fingerprint density at radius 2 is 1.70 bits per heavy atom. The first kappa shape index (κ1) is 16.6. The Kier molecular flexibility index (Phi) is 4.21. The van der Waals surface area contributed by atoms with Gasteiger partial charge in [-0.15, -0.1) is 0 Å². The van der Waals surface area contributed by atoms with Gasteiger partial charge in [-0.25, -0.2) is 4.68 Å². The normalized spacial score (nSPS) is 13.8. The Morgan fingerprint density at radius 1 is 0.889 bits per heavy atom. The van der Waals surface area contributed by atoms with E-state index >= 15 is 0 Å². The number of hydrogen-bond donors (Lipinski definition) is 1. The lowest BCUT2D eigenvalue weighted by Gasteiger charge is -2.10. The number of aromatic nitrogens is 2. The lowest BCUT2D eigenvalue weighted by atomic mass is 10.0. The molecule has 0 fully saturated rings. The molecule has 0 spiro atoms. The summed E-state index contributed by atoms with van der Waals surface area (Å²) in [5.41, 5.74) is 4.65. The molecule has 1 aromatic heterocycles. The molecule has 0 amide bonds. The summed E-state index contributed by atoms with van der Waals surface area (Å²) in [6.07, 6.45) is 3.42. The van der Waals surface area contributed by atoms with Crippen molar-refractivity contribution >= 4 is 32.5 Å². The Hall–Kier alpha value is -2.59. The highest BCUT2D eigenvalue weighted by molar-refractivity contribution is 9.10. The van der Waals surface area contributed by atoms with Crippen LogP contribution in [-0.2, 0) is 6.42 Å². The van der Waals surface area contributed by atoms with Gasteiger partial charge in [-0.05, 0) is 64.2 Å². The minimum absolute atomic E-state index is 0.986. The van der Waals surface area contributed by atoms with Gasteiger partial charge in [0.05, 0.1) is 11.4 Å². The third-order valence-corrected chi connectivity index (χ3v) is 5.90. The van der Waals surface area contributed by atoms with E-state index in [-0.39, 0.29) is 0 Å². The second-order valence-electron chi connectivity index (χ2n) is 6.98. The van der Waals surface area contributed by atoms with E-state index in [1.54, 1.807) is 0 Å². The van der Waals surface area contributed by atoms with Gasteiger partial charge in [0.15, 0.2) is 0 Å². The van der Waals surface area contributed by atoms with Crippen LogP contribution < -0.4 is 5.32 Å². The molecule has 0 aliphatic carbocycles. The highest BCUT2D eigenvalue weighted by Crippen LogP contribution is 2.36. The number of nitrogens with zero attached hydrogens (tertiary/aromatic N) is 2. The summed E-state index contributed by atoms with van der Waals surface area (Å²) in [7, 11) is 0. The zero-order chi connectivity index (χ0) is 18.2. The summed E-state index contributed by atoms with van der Waals surface area (Å²) in [6.45, 7) is 0.986. The zero-order valence-electron chi connectivity index (χ0n) is 15.0. The van der Waals surface area contributed by atoms with Gasteiger partial charge in [-0.2, -0.15) is 5.10 Å². The lowest BCUT2D eigenvalue weighted by Crippen LogP contribution is -2.07. The van der Waals surface area contributed by atoms with Gasteiger partial charge in [0.2, 0.25) is 0 Å². The van der Waals surface area contributed by atoms with E-state index in [0.29, 0.717) is 0 Å². The number of nitrogens with one attached hydrogen (secondary N) is 1. The fourth-order valence-electron chi connectivity index (χ4n) is 3.87. The molecule has 27 heavy (non-hydrogen) atoms. The Labute approximate surface area is 167 Å². The first-order chi connectivity index (χ1) is 13.3. The number of halogens is 1. The zero-order valence-corrected chi connectivity index (χ0v) is 16.5. The summed E-state index contributed by atoms with van der Waals surface area (Å²) < 4.78 is 3.11. The van der Waals surface area contributed by atoms with Gasteiger partial charge < -0.3 is 5.32 Å². The maximum absolute atomic E-state index is 5.07. The van der Waals surface area contributed by atoms with Crippen molar-refractivity contribution in [3.05, 3.63) is 76.8 Å². The molecule has 1 N–H and O–H groups in total. The number of anilines is 1. The van der Waals surface area contributed by atoms with Crippen LogP contribution in [-0.4, -0.2) is 16.3 Å². The predicted octanol–water partition coefficient (Wildman–Crippen LogP) is 6.20. The molecule has 0 bridgehead atoms. The third kappa shape index (κ3) is 2.94. The number of rotatable bonds is 2. The summed E-state index contributed by atoms with van der Waals surface area (Å²) in [5, 5.41) is 11.2. The van der Waals surface area contributed by atoms with Gasteiger partial charge in [0.25, 0.3) is 0 Å². The van der Waals surface area contributed by atoms with Crippen LogP contribution >= 0.6 is 15.9 Å². The first-order valence-electron chi connectivity index (χ1n) is 9.41. The second kappa shape index (κ2) is 6.86. The van der Waals surface area contributed by atoms with Crippen LogP contribution in [0.1, 0.15) is 18.4 Å². The van der Waals surface area contributed by atoms with Crippen molar-refractivity contribution in [2.24, 2.45) is 0 Å². The van der Waals surface area contributed by atoms with Crippen LogP contribution in [0.4, 0.5) is 5.82 Å². The van der Waals surface area contributed by atoms with Crippen LogP contribution in [0.5, 0.6) is 0 Å². The molecule has 4 aromatic rings. The quantitative estimate of drug-likeness (QED) is 0.420. The third-order valence-electron chi connectivity index (χ3n) is 5.23. The van der Waals surface area contributed by atoms with E-state index in [1.807, 2.05) is 6.07 Å². The minimum atomic E-state index is 0.986. The highest BCUT2D eigenvalue weighted by atomic mass is 79.9. The maximum atomic E-state index is 5.07. The average molecular weight is 418 g/mol. The van der Waals surface area contributed by atoms with E-state index in [1.165, 1.54) is 34.7 Å². The smallest absolute Gasteiger partial charge is 0.133 e. The fraction of sp³-hybridized carbons (Fsp3) is 0.174. The molecule has 134 valence electrons. The van der Waals surface area contributed by atoms with E-state index in [4.69, 9.17) is 5.10 Å². The van der Waals surface area contributed by atoms with E-state index in [9.17, 15) is 0 Å². The van der Waals surface area contributed by atoms with Crippen molar-refractivity contribution in [1.82, 2.24) is 9.78 Å². The number of hydrogen-bond acceptors (Lipinski definition) is 2. The Morgan fingerprint density at radius 3 is 2.59 bits per heavy atom. The van der Waals surface area contributed by atoms with E-state index in [0.717, 1.165) is 34.6 Å². The molecule has 4 heteroatoms. The van der Waals surface area contributed by atoms with Crippen LogP contribution in [0.2, 0.25) is 0 Å². The van der Waals surface area contributed by atoms with Crippen molar-refractivity contribution in [2.45, 2.75) is 19.3 Å². The maximum Gasteiger partial charge on any atom is 0.133 e. The predicted molar refractivity (Wildman–Crippen MR) is 116 cm³/mol. The minimum Gasteiger partial charge on any atom is -0.370 e. The number of para-hydroxylation sites is 1. The monoisotopic (exact) mass is 417 g/mol. The molecule has 3 nitrogen and oxygen atoms in total. The average Bonchev–Trinajstić information content (AvgIpc) is 2.89. The molecule has 5 rings (SSSR count). The number of fused-ring (bicyclic) bond motifs is 2. The van der Waals surface area contributed by atoms with E-state index in [2.05, 4.69) is 86.6 Å². The second-order valence-corrected chi connectivity index (χ2v) is 7.84. The van der Waals surface area contributed by atoms with Gasteiger partial charge in [-0.3, -0.25) is 0 Å². The van der Waals surface area contributed by atoms with Gasteiger partial charge in [0, 0.05) is 22.1 Å². The van der Waals surface area contributed by atoms with Gasteiger partial charge >= 0.3 is 0 Å². The molecule has 1 aliphatic heterocycles. The molecule has 0 radical (unpaired) electrons. The van der Waals surface area contributed by atoms with Crippen LogP contribution in [0.15, 0.2) is 71.2 Å². The van der Waals surface area contributed by atoms with Crippen LogP contribution in [0, 0.1) is 0 Å². The summed E-state index contributed by atoms with van der Waals surface area (Å²) in [4.78, 5) is 0. The van der Waals surface area contributed by atoms with Crippen molar-refractivity contribution in [3.8, 4) is 16.9 Å². The van der Waals surface area contributed by atoms with Gasteiger partial charge in [0.1, 0.15) is 5.82 Å². The van der Waals surface area contributed by atoms with Crippen molar-refractivity contribution < 1.29 is 0 Å². The molecular weight excluding hydrogens is 398 g/mol. The molecule has 0 saturated carbocycles. The van der Waals surface area contributed by atoms with Gasteiger partial charge in [-0.1, -0.05) is 48.5 Å². The van der Waals surface area contributed by atoms with Crippen molar-refractivity contribution in [3.63, 3.8) is 0 Å². The topological polar surface area (TPSA) is 29.9 Å². The van der Waals surface area contributed by atoms with Crippen molar-refractivity contribution in [1.29, 1.82) is 0 Å². The lowest BCUT2D eigenvalue weighted by molar-refractivity contribution is 0.780. The molecule has 3 aromatic carbocycles. The fourth-order valence-corrected chi connectivity index (χ4v) is 4.32. The number of benzene rings is 3. The molecule has 1 aliphatic rings. The standard InChI is InChI=1S/C23H20BrN3/c24-20-10-3-4-11-21(20)27-23-19(9-5-6-14-25-23)22(26-27)18-13-12-16-7-1-2-8-17(16)15-18/h1-4,7-8,10-13,15,25H,5-6,9,14H2.